The normalized spacial score (nSPS) is 10.4. The van der Waals surface area contributed by atoms with E-state index in [0.717, 1.165) is 6.07 Å². The smallest absolute Gasteiger partial charge is 0.411 e. The van der Waals surface area contributed by atoms with E-state index in [-0.39, 0.29) is 23.9 Å². The third-order valence-corrected chi connectivity index (χ3v) is 1.86. The van der Waals surface area contributed by atoms with Gasteiger partial charge in [0.05, 0.1) is 12.3 Å². The Morgan fingerprint density at radius 2 is 2.12 bits per heavy atom. The van der Waals surface area contributed by atoms with E-state index in [1.807, 2.05) is 13.8 Å². The number of hydrogen-bond acceptors (Lipinski definition) is 3. The van der Waals surface area contributed by atoms with Crippen LogP contribution in [0, 0.1) is 17.6 Å². The number of nitrogens with two attached hydrogens (primary N) is 1. The lowest BCUT2D eigenvalue weighted by molar-refractivity contribution is 0.147. The summed E-state index contributed by atoms with van der Waals surface area (Å²) in [6.45, 7) is 3.93. The topological polar surface area (TPSA) is 64.3 Å². The highest BCUT2D eigenvalue weighted by Crippen LogP contribution is 2.23. The number of carbonyl (C=O) groups excluding carboxylic acids is 1. The number of carbonyl (C=O) groups is 1. The van der Waals surface area contributed by atoms with Gasteiger partial charge in [0.1, 0.15) is 11.5 Å². The lowest BCUT2D eigenvalue weighted by atomic mass is 10.2. The van der Waals surface area contributed by atoms with Gasteiger partial charge in [0.2, 0.25) is 0 Å². The maximum Gasteiger partial charge on any atom is 0.411 e. The van der Waals surface area contributed by atoms with Crippen LogP contribution in [-0.2, 0) is 4.74 Å². The molecule has 1 aromatic rings. The van der Waals surface area contributed by atoms with Gasteiger partial charge in [-0.3, -0.25) is 5.32 Å². The molecular formula is C11H14F2N2O2. The number of ether oxygens (including phenoxy) is 1. The van der Waals surface area contributed by atoms with Crippen molar-refractivity contribution in [2.24, 2.45) is 5.92 Å². The predicted molar refractivity (Wildman–Crippen MR) is 60.6 cm³/mol. The van der Waals surface area contributed by atoms with Crippen LogP contribution >= 0.6 is 0 Å². The number of nitrogen functional groups attached to an aromatic ring is 1. The summed E-state index contributed by atoms with van der Waals surface area (Å²) in [5, 5.41) is 2.13. The Morgan fingerprint density at radius 1 is 1.47 bits per heavy atom. The minimum absolute atomic E-state index is 0.163. The Hall–Kier alpha value is -1.85. The van der Waals surface area contributed by atoms with Crippen LogP contribution in [0.2, 0.25) is 0 Å². The third-order valence-electron chi connectivity index (χ3n) is 1.86. The first kappa shape index (κ1) is 13.2. The molecule has 17 heavy (non-hydrogen) atoms. The van der Waals surface area contributed by atoms with Crippen molar-refractivity contribution in [2.45, 2.75) is 13.8 Å². The average Bonchev–Trinajstić information content (AvgIpc) is 2.20. The summed E-state index contributed by atoms with van der Waals surface area (Å²) < 4.78 is 30.8. The SMILES string of the molecule is CC(C)COC(=O)Nc1c(N)cc(F)cc1F. The van der Waals surface area contributed by atoms with E-state index < -0.39 is 17.7 Å². The zero-order valence-corrected chi connectivity index (χ0v) is 9.59. The number of nitrogens with one attached hydrogen (secondary N) is 1. The summed E-state index contributed by atoms with van der Waals surface area (Å²) in [5.74, 6) is -1.58. The monoisotopic (exact) mass is 244 g/mol. The molecule has 0 aliphatic carbocycles. The fraction of sp³-hybridized carbons (Fsp3) is 0.364. The van der Waals surface area contributed by atoms with Crippen LogP contribution < -0.4 is 11.1 Å². The molecule has 0 bridgehead atoms. The minimum Gasteiger partial charge on any atom is -0.449 e. The van der Waals surface area contributed by atoms with Gasteiger partial charge >= 0.3 is 6.09 Å². The van der Waals surface area contributed by atoms with Crippen LogP contribution in [0.1, 0.15) is 13.8 Å². The molecule has 0 aliphatic heterocycles. The molecule has 1 rings (SSSR count). The number of benzene rings is 1. The summed E-state index contributed by atoms with van der Waals surface area (Å²) in [6.07, 6.45) is -0.823. The largest absolute Gasteiger partial charge is 0.449 e. The predicted octanol–water partition coefficient (Wildman–Crippen LogP) is 2.75. The minimum atomic E-state index is -0.941. The summed E-state index contributed by atoms with van der Waals surface area (Å²) >= 11 is 0. The number of hydrogen-bond donors (Lipinski definition) is 2. The maximum atomic E-state index is 13.3. The first-order chi connectivity index (χ1) is 7.90. The lowest BCUT2D eigenvalue weighted by Gasteiger charge is -2.11. The molecule has 1 amide bonds. The molecule has 0 spiro atoms. The van der Waals surface area contributed by atoms with Crippen LogP contribution in [0.3, 0.4) is 0 Å². The molecular weight excluding hydrogens is 230 g/mol. The van der Waals surface area contributed by atoms with E-state index in [2.05, 4.69) is 5.32 Å². The van der Waals surface area contributed by atoms with Crippen molar-refractivity contribution in [3.8, 4) is 0 Å². The first-order valence-corrected chi connectivity index (χ1v) is 5.08. The van der Waals surface area contributed by atoms with Gasteiger partial charge in [0, 0.05) is 6.07 Å². The quantitative estimate of drug-likeness (QED) is 0.803. The standard InChI is InChI=1S/C11H14F2N2O2/c1-6(2)5-17-11(16)15-10-8(13)3-7(12)4-9(10)14/h3-4,6H,5,14H2,1-2H3,(H,15,16). The van der Waals surface area contributed by atoms with Gasteiger partial charge < -0.3 is 10.5 Å². The maximum absolute atomic E-state index is 13.3. The van der Waals surface area contributed by atoms with Crippen molar-refractivity contribution in [3.63, 3.8) is 0 Å². The van der Waals surface area contributed by atoms with Crippen LogP contribution in [0.15, 0.2) is 12.1 Å². The van der Waals surface area contributed by atoms with Gasteiger partial charge in [-0.1, -0.05) is 13.8 Å². The zero-order chi connectivity index (χ0) is 13.0. The van der Waals surface area contributed by atoms with Crippen LogP contribution in [-0.4, -0.2) is 12.7 Å². The molecule has 0 atom stereocenters. The van der Waals surface area contributed by atoms with E-state index in [1.165, 1.54) is 0 Å². The molecule has 0 saturated carbocycles. The van der Waals surface area contributed by atoms with Crippen molar-refractivity contribution in [2.75, 3.05) is 17.7 Å². The lowest BCUT2D eigenvalue weighted by Crippen LogP contribution is -2.18. The van der Waals surface area contributed by atoms with Crippen LogP contribution in [0.5, 0.6) is 0 Å². The summed E-state index contributed by atoms with van der Waals surface area (Å²) in [5.41, 5.74) is 4.91. The fourth-order valence-electron chi connectivity index (χ4n) is 1.11. The van der Waals surface area contributed by atoms with Gasteiger partial charge in [0.15, 0.2) is 5.82 Å². The zero-order valence-electron chi connectivity index (χ0n) is 9.59. The van der Waals surface area contributed by atoms with Gasteiger partial charge in [-0.15, -0.1) is 0 Å². The van der Waals surface area contributed by atoms with Gasteiger partial charge in [-0.2, -0.15) is 0 Å². The molecule has 1 aromatic carbocycles. The molecule has 0 heterocycles. The molecule has 3 N–H and O–H groups in total. The van der Waals surface area contributed by atoms with Crippen molar-refractivity contribution in [3.05, 3.63) is 23.8 Å². The molecule has 0 aliphatic rings. The van der Waals surface area contributed by atoms with Crippen molar-refractivity contribution in [1.82, 2.24) is 0 Å². The van der Waals surface area contributed by atoms with Crippen molar-refractivity contribution in [1.29, 1.82) is 0 Å². The molecule has 0 aromatic heterocycles. The fourth-order valence-corrected chi connectivity index (χ4v) is 1.11. The van der Waals surface area contributed by atoms with Crippen LogP contribution in [0.25, 0.3) is 0 Å². The summed E-state index contributed by atoms with van der Waals surface area (Å²) in [4.78, 5) is 11.3. The molecule has 0 saturated heterocycles. The molecule has 0 unspecified atom stereocenters. The van der Waals surface area contributed by atoms with Crippen LogP contribution in [0.4, 0.5) is 25.0 Å². The second-order valence-electron chi connectivity index (χ2n) is 3.97. The highest BCUT2D eigenvalue weighted by molar-refractivity contribution is 5.89. The van der Waals surface area contributed by atoms with Gasteiger partial charge in [0.25, 0.3) is 0 Å². The third kappa shape index (κ3) is 3.90. The molecule has 0 radical (unpaired) electrons. The number of rotatable bonds is 3. The number of anilines is 2. The van der Waals surface area contributed by atoms with Gasteiger partial charge in [-0.25, -0.2) is 13.6 Å². The second-order valence-corrected chi connectivity index (χ2v) is 3.97. The van der Waals surface area contributed by atoms with E-state index in [9.17, 15) is 13.6 Å². The van der Waals surface area contributed by atoms with E-state index in [1.54, 1.807) is 0 Å². The Bertz CT molecular complexity index is 399. The molecule has 4 nitrogen and oxygen atoms in total. The van der Waals surface area contributed by atoms with E-state index in [0.29, 0.717) is 6.07 Å². The Labute approximate surface area is 97.8 Å². The Kier molecular flexibility index (Phi) is 4.25. The number of amides is 1. The summed E-state index contributed by atoms with van der Waals surface area (Å²) in [7, 11) is 0. The Morgan fingerprint density at radius 3 is 2.65 bits per heavy atom. The Balaban J connectivity index is 2.72. The van der Waals surface area contributed by atoms with Crippen molar-refractivity contribution >= 4 is 17.5 Å². The molecule has 94 valence electrons. The highest BCUT2D eigenvalue weighted by atomic mass is 19.1. The molecule has 6 heteroatoms. The van der Waals surface area contributed by atoms with E-state index >= 15 is 0 Å². The first-order valence-electron chi connectivity index (χ1n) is 5.08. The average molecular weight is 244 g/mol. The summed E-state index contributed by atoms with van der Waals surface area (Å²) in [6, 6.07) is 1.55. The van der Waals surface area contributed by atoms with E-state index in [4.69, 9.17) is 10.5 Å². The van der Waals surface area contributed by atoms with Gasteiger partial charge in [-0.05, 0) is 12.0 Å². The van der Waals surface area contributed by atoms with Crippen molar-refractivity contribution < 1.29 is 18.3 Å². The highest BCUT2D eigenvalue weighted by Gasteiger charge is 2.13. The number of halogens is 2. The second kappa shape index (κ2) is 5.47. The molecule has 0 fully saturated rings.